The van der Waals surface area contributed by atoms with Gasteiger partial charge in [0.2, 0.25) is 0 Å². The van der Waals surface area contributed by atoms with E-state index in [4.69, 9.17) is 10.5 Å². The Morgan fingerprint density at radius 2 is 1.39 bits per heavy atom. The lowest BCUT2D eigenvalue weighted by Crippen LogP contribution is -2.73. The van der Waals surface area contributed by atoms with Crippen molar-refractivity contribution >= 4 is 12.3 Å². The third kappa shape index (κ3) is 2.92. The normalized spacial score (nSPS) is 16.0. The van der Waals surface area contributed by atoms with E-state index in [1.165, 1.54) is 7.11 Å². The first kappa shape index (κ1) is 21.0. The summed E-state index contributed by atoms with van der Waals surface area (Å²) in [5.41, 5.74) is 7.65. The van der Waals surface area contributed by atoms with Crippen LogP contribution in [0.1, 0.15) is 30.5 Å². The van der Waals surface area contributed by atoms with E-state index in [-0.39, 0.29) is 0 Å². The zero-order chi connectivity index (χ0) is 22.3. The van der Waals surface area contributed by atoms with Crippen molar-refractivity contribution in [2.24, 2.45) is 11.1 Å². The first-order valence-electron chi connectivity index (χ1n) is 10.2. The average molecular weight is 415 g/mol. The molecule has 3 N–H and O–H groups in total. The maximum absolute atomic E-state index is 13.1. The number of fused-ring (bicyclic) bond motifs is 3. The van der Waals surface area contributed by atoms with E-state index in [2.05, 4.69) is 17.4 Å². The number of nitrogens with one attached hydrogen (secondary N) is 1. The molecule has 31 heavy (non-hydrogen) atoms. The van der Waals surface area contributed by atoms with Gasteiger partial charge in [0.1, 0.15) is 6.29 Å². The van der Waals surface area contributed by atoms with Crippen LogP contribution in [0, 0.1) is 5.41 Å². The summed E-state index contributed by atoms with van der Waals surface area (Å²) in [6.45, 7) is 3.27. The molecule has 3 aromatic rings. The maximum atomic E-state index is 13.1. The van der Waals surface area contributed by atoms with Gasteiger partial charge in [0.25, 0.3) is 0 Å². The Kier molecular flexibility index (Phi) is 5.04. The molecule has 1 aliphatic carbocycles. The van der Waals surface area contributed by atoms with Crippen molar-refractivity contribution in [3.8, 4) is 11.1 Å². The Morgan fingerprint density at radius 1 is 0.903 bits per heavy atom. The lowest BCUT2D eigenvalue weighted by molar-refractivity contribution is -0.157. The number of carbonyl (C=O) groups excluding carboxylic acids is 2. The third-order valence-electron chi connectivity index (χ3n) is 6.36. The molecule has 1 aliphatic rings. The van der Waals surface area contributed by atoms with Gasteiger partial charge in [0.15, 0.2) is 5.66 Å². The van der Waals surface area contributed by atoms with E-state index in [0.29, 0.717) is 6.29 Å². The summed E-state index contributed by atoms with van der Waals surface area (Å²) in [6.07, 6.45) is 0.697. The van der Waals surface area contributed by atoms with Crippen LogP contribution in [0.2, 0.25) is 0 Å². The van der Waals surface area contributed by atoms with Crippen molar-refractivity contribution in [3.05, 3.63) is 95.6 Å². The van der Waals surface area contributed by atoms with Gasteiger partial charge in [-0.2, -0.15) is 0 Å². The van der Waals surface area contributed by atoms with Gasteiger partial charge in [0, 0.05) is 0 Å². The molecule has 0 bridgehead atoms. The molecule has 0 unspecified atom stereocenters. The second-order valence-corrected chi connectivity index (χ2v) is 8.47. The minimum Gasteiger partial charge on any atom is -0.467 e. The number of nitrogens with two attached hydrogens (primary N) is 1. The van der Waals surface area contributed by atoms with Gasteiger partial charge in [-0.25, -0.2) is 4.79 Å². The summed E-state index contributed by atoms with van der Waals surface area (Å²) in [5.74, 6) is -0.707. The predicted octanol–water partition coefficient (Wildman–Crippen LogP) is 3.60. The van der Waals surface area contributed by atoms with Gasteiger partial charge in [-0.3, -0.25) is 5.32 Å². The van der Waals surface area contributed by atoms with Crippen LogP contribution in [0.4, 0.5) is 0 Å². The van der Waals surface area contributed by atoms with Crippen molar-refractivity contribution in [1.82, 2.24) is 5.32 Å². The molecule has 5 heteroatoms. The summed E-state index contributed by atoms with van der Waals surface area (Å²) >= 11 is 0. The number of rotatable bonds is 6. The van der Waals surface area contributed by atoms with E-state index in [9.17, 15) is 9.59 Å². The summed E-state index contributed by atoms with van der Waals surface area (Å²) in [7, 11) is 1.28. The molecule has 5 nitrogen and oxygen atoms in total. The van der Waals surface area contributed by atoms with Crippen molar-refractivity contribution in [3.63, 3.8) is 0 Å². The average Bonchev–Trinajstić information content (AvgIpc) is 3.09. The highest BCUT2D eigenvalue weighted by Crippen LogP contribution is 2.52. The Bertz CT molecular complexity index is 1090. The molecule has 3 aromatic carbocycles. The lowest BCUT2D eigenvalue weighted by Gasteiger charge is -2.46. The molecule has 0 spiro atoms. The van der Waals surface area contributed by atoms with E-state index in [1.807, 2.05) is 66.7 Å². The second-order valence-electron chi connectivity index (χ2n) is 8.47. The standard InChI is InChI=1S/C26H26N2O3/c1-24(2,17-29)26(27,23(30)31-3)28-25(18-11-5-4-6-12-18)21-15-9-7-13-19(21)20-14-8-10-16-22(20)25/h4-17,28H,27H2,1-3H3/t26-/m0/s1. The number of ether oxygens (including phenoxy) is 1. The quantitative estimate of drug-likeness (QED) is 0.366. The highest BCUT2D eigenvalue weighted by Gasteiger charge is 2.57. The minimum absolute atomic E-state index is 0.697. The van der Waals surface area contributed by atoms with Gasteiger partial charge in [-0.1, -0.05) is 78.9 Å². The molecule has 0 saturated carbocycles. The molecule has 0 aromatic heterocycles. The Labute approximate surface area is 182 Å². The van der Waals surface area contributed by atoms with Crippen LogP contribution in [-0.2, 0) is 19.9 Å². The van der Waals surface area contributed by atoms with Crippen LogP contribution in [0.3, 0.4) is 0 Å². The number of aldehydes is 1. The molecule has 1 atom stereocenters. The van der Waals surface area contributed by atoms with Crippen LogP contribution in [0.5, 0.6) is 0 Å². The Balaban J connectivity index is 2.09. The third-order valence-corrected chi connectivity index (χ3v) is 6.36. The predicted molar refractivity (Wildman–Crippen MR) is 120 cm³/mol. The fraction of sp³-hybridized carbons (Fsp3) is 0.231. The number of benzene rings is 3. The van der Waals surface area contributed by atoms with Crippen molar-refractivity contribution in [2.75, 3.05) is 7.11 Å². The fourth-order valence-corrected chi connectivity index (χ4v) is 4.47. The van der Waals surface area contributed by atoms with Crippen LogP contribution < -0.4 is 11.1 Å². The smallest absolute Gasteiger partial charge is 0.341 e. The monoisotopic (exact) mass is 414 g/mol. The Morgan fingerprint density at radius 3 is 1.87 bits per heavy atom. The SMILES string of the molecule is COC(=O)[C@](N)(NC1(c2ccccc2)c2ccccc2-c2ccccc21)C(C)(C)C=O. The van der Waals surface area contributed by atoms with Crippen LogP contribution in [0.25, 0.3) is 11.1 Å². The maximum Gasteiger partial charge on any atom is 0.341 e. The minimum atomic E-state index is -1.80. The van der Waals surface area contributed by atoms with Gasteiger partial charge >= 0.3 is 5.97 Å². The van der Waals surface area contributed by atoms with E-state index < -0.39 is 22.6 Å². The zero-order valence-corrected chi connectivity index (χ0v) is 17.9. The van der Waals surface area contributed by atoms with E-state index in [1.54, 1.807) is 13.8 Å². The molecule has 0 saturated heterocycles. The molecule has 158 valence electrons. The molecule has 0 fully saturated rings. The number of hydrogen-bond acceptors (Lipinski definition) is 5. The van der Waals surface area contributed by atoms with Crippen LogP contribution in [0.15, 0.2) is 78.9 Å². The second kappa shape index (κ2) is 7.45. The highest BCUT2D eigenvalue weighted by atomic mass is 16.5. The number of carbonyl (C=O) groups is 2. The van der Waals surface area contributed by atoms with Gasteiger partial charge < -0.3 is 15.3 Å². The van der Waals surface area contributed by atoms with E-state index >= 15 is 0 Å². The lowest BCUT2D eigenvalue weighted by atomic mass is 9.74. The largest absolute Gasteiger partial charge is 0.467 e. The molecule has 4 rings (SSSR count). The Hall–Kier alpha value is -3.28. The molecule has 0 heterocycles. The van der Waals surface area contributed by atoms with Crippen LogP contribution >= 0.6 is 0 Å². The first-order valence-corrected chi connectivity index (χ1v) is 10.2. The summed E-state index contributed by atoms with van der Waals surface area (Å²) in [6, 6.07) is 25.9. The molecule has 0 aliphatic heterocycles. The number of methoxy groups -OCH3 is 1. The molecule has 0 radical (unpaired) electrons. The molecule has 0 amide bonds. The fourth-order valence-electron chi connectivity index (χ4n) is 4.47. The highest BCUT2D eigenvalue weighted by molar-refractivity contribution is 5.88. The number of hydrogen-bond donors (Lipinski definition) is 2. The van der Waals surface area contributed by atoms with Crippen molar-refractivity contribution in [1.29, 1.82) is 0 Å². The summed E-state index contributed by atoms with van der Waals surface area (Å²) < 4.78 is 5.09. The molecular weight excluding hydrogens is 388 g/mol. The zero-order valence-electron chi connectivity index (χ0n) is 17.9. The van der Waals surface area contributed by atoms with E-state index in [0.717, 1.165) is 27.8 Å². The summed E-state index contributed by atoms with van der Waals surface area (Å²) in [5, 5.41) is 3.45. The van der Waals surface area contributed by atoms with Crippen molar-refractivity contribution < 1.29 is 14.3 Å². The van der Waals surface area contributed by atoms with Gasteiger partial charge in [-0.15, -0.1) is 0 Å². The molecular formula is C26H26N2O3. The topological polar surface area (TPSA) is 81.4 Å². The van der Waals surface area contributed by atoms with Gasteiger partial charge in [-0.05, 0) is 41.7 Å². The van der Waals surface area contributed by atoms with Gasteiger partial charge in [0.05, 0.1) is 18.1 Å². The van der Waals surface area contributed by atoms with Crippen LogP contribution in [-0.4, -0.2) is 25.0 Å². The van der Waals surface area contributed by atoms with Crippen molar-refractivity contribution in [2.45, 2.75) is 25.0 Å². The first-order chi connectivity index (χ1) is 14.8. The summed E-state index contributed by atoms with van der Waals surface area (Å²) in [4.78, 5) is 25.1. The number of esters is 1.